The first kappa shape index (κ1) is 18.5. The molecule has 0 spiro atoms. The van der Waals surface area contributed by atoms with E-state index in [0.717, 1.165) is 5.56 Å². The molecule has 0 saturated carbocycles. The third-order valence-corrected chi connectivity index (χ3v) is 4.54. The molecule has 0 amide bonds. The molecule has 3 rings (SSSR count). The second-order valence-corrected chi connectivity index (χ2v) is 6.51. The van der Waals surface area contributed by atoms with Crippen LogP contribution >= 0.6 is 23.2 Å². The Bertz CT molecular complexity index is 835. The molecule has 5 nitrogen and oxygen atoms in total. The van der Waals surface area contributed by atoms with E-state index in [1.165, 1.54) is 0 Å². The van der Waals surface area contributed by atoms with Crippen molar-refractivity contribution in [1.82, 2.24) is 0 Å². The Morgan fingerprint density at radius 1 is 0.923 bits per heavy atom. The molecule has 0 bridgehead atoms. The van der Waals surface area contributed by atoms with Gasteiger partial charge in [0, 0.05) is 12.0 Å². The van der Waals surface area contributed by atoms with E-state index in [-0.39, 0.29) is 25.2 Å². The highest BCUT2D eigenvalue weighted by Gasteiger charge is 2.16. The molecule has 0 atom stereocenters. The van der Waals surface area contributed by atoms with Gasteiger partial charge in [0.25, 0.3) is 0 Å². The van der Waals surface area contributed by atoms with Gasteiger partial charge in [-0.3, -0.25) is 9.59 Å². The fourth-order valence-corrected chi connectivity index (χ4v) is 2.76. The molecule has 0 radical (unpaired) electrons. The average molecular weight is 395 g/mol. The van der Waals surface area contributed by atoms with E-state index in [4.69, 9.17) is 37.4 Å². The smallest absolute Gasteiger partial charge is 0.306 e. The molecule has 2 aromatic rings. The number of fused-ring (bicyclic) bond motifs is 1. The number of hydrogen-bond donors (Lipinski definition) is 0. The molecule has 1 heterocycles. The molecular weight excluding hydrogens is 379 g/mol. The van der Waals surface area contributed by atoms with E-state index < -0.39 is 5.97 Å². The van der Waals surface area contributed by atoms with Crippen LogP contribution in [0.2, 0.25) is 10.0 Å². The lowest BCUT2D eigenvalue weighted by Gasteiger charge is -2.18. The monoisotopic (exact) mass is 394 g/mol. The summed E-state index contributed by atoms with van der Waals surface area (Å²) in [6.45, 7) is 1.02. The number of ether oxygens (including phenoxy) is 3. The Labute approximate surface area is 160 Å². The minimum absolute atomic E-state index is 0.00536. The summed E-state index contributed by atoms with van der Waals surface area (Å²) < 4.78 is 16.0. The van der Waals surface area contributed by atoms with E-state index >= 15 is 0 Å². The largest absolute Gasteiger partial charge is 0.486 e. The van der Waals surface area contributed by atoms with Gasteiger partial charge in [-0.25, -0.2) is 0 Å². The van der Waals surface area contributed by atoms with Gasteiger partial charge in [0.05, 0.1) is 16.5 Å². The van der Waals surface area contributed by atoms with Crippen LogP contribution in [0.4, 0.5) is 0 Å². The number of rotatable bonds is 6. The van der Waals surface area contributed by atoms with Crippen molar-refractivity contribution in [2.45, 2.75) is 19.4 Å². The lowest BCUT2D eigenvalue weighted by atomic mass is 10.1. The number of esters is 1. The van der Waals surface area contributed by atoms with Gasteiger partial charge in [-0.1, -0.05) is 29.3 Å². The molecule has 0 aromatic heterocycles. The fraction of sp³-hybridized carbons (Fsp3) is 0.263. The highest BCUT2D eigenvalue weighted by molar-refractivity contribution is 6.42. The minimum atomic E-state index is -0.457. The van der Waals surface area contributed by atoms with Gasteiger partial charge in [-0.15, -0.1) is 0 Å². The fourth-order valence-electron chi connectivity index (χ4n) is 2.44. The Kier molecular flexibility index (Phi) is 6.01. The van der Waals surface area contributed by atoms with Crippen LogP contribution in [-0.4, -0.2) is 25.0 Å². The number of halogens is 2. The summed E-state index contributed by atoms with van der Waals surface area (Å²) in [5, 5.41) is 0.834. The molecule has 136 valence electrons. The predicted molar refractivity (Wildman–Crippen MR) is 97.3 cm³/mol. The first-order valence-electron chi connectivity index (χ1n) is 8.05. The van der Waals surface area contributed by atoms with Crippen molar-refractivity contribution in [3.63, 3.8) is 0 Å². The lowest BCUT2D eigenvalue weighted by molar-refractivity contribution is -0.144. The van der Waals surface area contributed by atoms with Gasteiger partial charge in [-0.05, 0) is 35.9 Å². The molecule has 0 fully saturated rings. The van der Waals surface area contributed by atoms with Crippen LogP contribution < -0.4 is 9.47 Å². The predicted octanol–water partition coefficient (Wildman–Crippen LogP) is 4.47. The number of hydrogen-bond acceptors (Lipinski definition) is 5. The molecule has 2 aromatic carbocycles. The Morgan fingerprint density at radius 3 is 2.46 bits per heavy atom. The van der Waals surface area contributed by atoms with Crippen LogP contribution in [-0.2, 0) is 16.1 Å². The first-order valence-corrected chi connectivity index (χ1v) is 8.81. The number of ketones is 1. The number of Topliss-reactive ketones (excluding diaryl/α,β-unsaturated/α-hetero) is 1. The van der Waals surface area contributed by atoms with E-state index in [9.17, 15) is 9.59 Å². The maximum atomic E-state index is 12.3. The van der Waals surface area contributed by atoms with Crippen LogP contribution in [0.15, 0.2) is 36.4 Å². The van der Waals surface area contributed by atoms with Crippen molar-refractivity contribution in [2.75, 3.05) is 13.2 Å². The van der Waals surface area contributed by atoms with Crippen LogP contribution in [0.1, 0.15) is 28.8 Å². The summed E-state index contributed by atoms with van der Waals surface area (Å²) >= 11 is 11.8. The summed E-state index contributed by atoms with van der Waals surface area (Å²) in [5.41, 5.74) is 1.21. The molecule has 0 aliphatic carbocycles. The first-order chi connectivity index (χ1) is 12.5. The van der Waals surface area contributed by atoms with E-state index in [2.05, 4.69) is 0 Å². The maximum Gasteiger partial charge on any atom is 0.306 e. The van der Waals surface area contributed by atoms with Crippen molar-refractivity contribution in [1.29, 1.82) is 0 Å². The second-order valence-electron chi connectivity index (χ2n) is 5.69. The van der Waals surface area contributed by atoms with Gasteiger partial charge in [-0.2, -0.15) is 0 Å². The van der Waals surface area contributed by atoms with Crippen LogP contribution in [0.3, 0.4) is 0 Å². The molecule has 0 saturated heterocycles. The third kappa shape index (κ3) is 4.68. The van der Waals surface area contributed by atoms with Crippen LogP contribution in [0.25, 0.3) is 0 Å². The van der Waals surface area contributed by atoms with Crippen molar-refractivity contribution < 1.29 is 23.8 Å². The van der Waals surface area contributed by atoms with E-state index in [1.807, 2.05) is 0 Å². The minimum Gasteiger partial charge on any atom is -0.486 e. The van der Waals surface area contributed by atoms with Gasteiger partial charge < -0.3 is 14.2 Å². The Morgan fingerprint density at radius 2 is 1.69 bits per heavy atom. The van der Waals surface area contributed by atoms with Crippen LogP contribution in [0, 0.1) is 0 Å². The molecule has 7 heteroatoms. The maximum absolute atomic E-state index is 12.3. The molecule has 26 heavy (non-hydrogen) atoms. The summed E-state index contributed by atoms with van der Waals surface area (Å²) in [7, 11) is 0. The summed E-state index contributed by atoms with van der Waals surface area (Å²) in [6.07, 6.45) is 0.0500. The van der Waals surface area contributed by atoms with Gasteiger partial charge in [0.1, 0.15) is 19.8 Å². The normalized spacial score (nSPS) is 12.5. The highest BCUT2D eigenvalue weighted by Crippen LogP contribution is 2.31. The van der Waals surface area contributed by atoms with Crippen LogP contribution in [0.5, 0.6) is 11.5 Å². The van der Waals surface area contributed by atoms with Gasteiger partial charge >= 0.3 is 5.97 Å². The summed E-state index contributed by atoms with van der Waals surface area (Å²) in [4.78, 5) is 24.1. The quantitative estimate of drug-likeness (QED) is 0.534. The zero-order valence-corrected chi connectivity index (χ0v) is 15.3. The standard InChI is InChI=1S/C19H16Cl2O5/c20-14-3-1-12(9-15(14)21)11-26-19(23)6-4-16(22)13-2-5-17-18(10-13)25-8-7-24-17/h1-3,5,9-10H,4,6-8,11H2. The zero-order valence-electron chi connectivity index (χ0n) is 13.8. The topological polar surface area (TPSA) is 61.8 Å². The second kappa shape index (κ2) is 8.43. The highest BCUT2D eigenvalue weighted by atomic mass is 35.5. The number of carbonyl (C=O) groups is 2. The van der Waals surface area contributed by atoms with E-state index in [1.54, 1.807) is 36.4 Å². The molecule has 0 unspecified atom stereocenters. The number of carbonyl (C=O) groups excluding carboxylic acids is 2. The summed E-state index contributed by atoms with van der Waals surface area (Å²) in [5.74, 6) is 0.550. The van der Waals surface area contributed by atoms with Crippen molar-refractivity contribution >= 4 is 35.0 Å². The third-order valence-electron chi connectivity index (χ3n) is 3.80. The Balaban J connectivity index is 1.49. The van der Waals surface area contributed by atoms with Crippen molar-refractivity contribution in [3.05, 3.63) is 57.6 Å². The zero-order chi connectivity index (χ0) is 18.5. The molecule has 1 aliphatic rings. The van der Waals surface area contributed by atoms with E-state index in [0.29, 0.717) is 40.3 Å². The lowest BCUT2D eigenvalue weighted by Crippen LogP contribution is -2.16. The molecule has 0 N–H and O–H groups in total. The van der Waals surface area contributed by atoms with Crippen molar-refractivity contribution in [3.8, 4) is 11.5 Å². The van der Waals surface area contributed by atoms with Gasteiger partial charge in [0.15, 0.2) is 17.3 Å². The number of benzene rings is 2. The summed E-state index contributed by atoms with van der Waals surface area (Å²) in [6, 6.07) is 10.00. The SMILES string of the molecule is O=C(CCC(=O)c1ccc2c(c1)OCCO2)OCc1ccc(Cl)c(Cl)c1. The molecular formula is C19H16Cl2O5. The molecule has 1 aliphatic heterocycles. The average Bonchev–Trinajstić information content (AvgIpc) is 2.66. The van der Waals surface area contributed by atoms with Crippen molar-refractivity contribution in [2.24, 2.45) is 0 Å². The van der Waals surface area contributed by atoms with Gasteiger partial charge in [0.2, 0.25) is 0 Å². The Hall–Kier alpha value is -2.24.